The SMILES string of the molecule is Cc1cc(C)cc(NC(=S)NCc2c(C)nn(C)c2C)c1. The number of nitrogens with one attached hydrogen (secondary N) is 2. The first kappa shape index (κ1) is 15.5. The summed E-state index contributed by atoms with van der Waals surface area (Å²) in [4.78, 5) is 0. The molecule has 2 N–H and O–H groups in total. The van der Waals surface area contributed by atoms with Gasteiger partial charge in [0.15, 0.2) is 5.11 Å². The predicted octanol–water partition coefficient (Wildman–Crippen LogP) is 3.14. The zero-order valence-electron chi connectivity index (χ0n) is 13.2. The number of rotatable bonds is 3. The van der Waals surface area contributed by atoms with Gasteiger partial charge in [-0.1, -0.05) is 6.07 Å². The summed E-state index contributed by atoms with van der Waals surface area (Å²) in [5.41, 5.74) is 6.86. The molecule has 0 unspecified atom stereocenters. The Morgan fingerprint density at radius 3 is 2.29 bits per heavy atom. The molecular formula is C16H22N4S. The van der Waals surface area contributed by atoms with Gasteiger partial charge in [0.25, 0.3) is 0 Å². The molecule has 5 heteroatoms. The number of benzene rings is 1. The molecule has 0 aliphatic heterocycles. The van der Waals surface area contributed by atoms with Crippen molar-refractivity contribution >= 4 is 23.0 Å². The highest BCUT2D eigenvalue weighted by molar-refractivity contribution is 7.80. The average molecular weight is 302 g/mol. The largest absolute Gasteiger partial charge is 0.358 e. The number of aryl methyl sites for hydroxylation is 4. The van der Waals surface area contributed by atoms with Crippen molar-refractivity contribution in [3.8, 4) is 0 Å². The van der Waals surface area contributed by atoms with Gasteiger partial charge < -0.3 is 10.6 Å². The average Bonchev–Trinajstić information content (AvgIpc) is 2.60. The summed E-state index contributed by atoms with van der Waals surface area (Å²) in [5, 5.41) is 11.5. The van der Waals surface area contributed by atoms with E-state index in [-0.39, 0.29) is 0 Å². The molecule has 1 aromatic carbocycles. The van der Waals surface area contributed by atoms with Gasteiger partial charge in [0.2, 0.25) is 0 Å². The molecule has 112 valence electrons. The number of anilines is 1. The Balaban J connectivity index is 1.99. The lowest BCUT2D eigenvalue weighted by Gasteiger charge is -2.12. The second-order valence-electron chi connectivity index (χ2n) is 5.46. The molecule has 0 saturated carbocycles. The molecule has 2 rings (SSSR count). The van der Waals surface area contributed by atoms with Crippen molar-refractivity contribution in [2.75, 3.05) is 5.32 Å². The molecule has 4 nitrogen and oxygen atoms in total. The Morgan fingerprint density at radius 2 is 1.76 bits per heavy atom. The smallest absolute Gasteiger partial charge is 0.171 e. The number of thiocarbonyl (C=S) groups is 1. The third-order valence-electron chi connectivity index (χ3n) is 3.56. The van der Waals surface area contributed by atoms with E-state index < -0.39 is 0 Å². The highest BCUT2D eigenvalue weighted by Gasteiger charge is 2.09. The van der Waals surface area contributed by atoms with E-state index in [9.17, 15) is 0 Å². The van der Waals surface area contributed by atoms with E-state index in [1.807, 2.05) is 18.7 Å². The van der Waals surface area contributed by atoms with Gasteiger partial charge in [-0.3, -0.25) is 4.68 Å². The van der Waals surface area contributed by atoms with Crippen molar-refractivity contribution in [1.82, 2.24) is 15.1 Å². The fourth-order valence-electron chi connectivity index (χ4n) is 2.46. The molecule has 0 amide bonds. The first-order valence-electron chi connectivity index (χ1n) is 6.99. The van der Waals surface area contributed by atoms with Crippen LogP contribution < -0.4 is 10.6 Å². The van der Waals surface area contributed by atoms with Crippen molar-refractivity contribution in [3.63, 3.8) is 0 Å². The molecule has 0 radical (unpaired) electrons. The Hall–Kier alpha value is -1.88. The van der Waals surface area contributed by atoms with Crippen molar-refractivity contribution < 1.29 is 0 Å². The lowest BCUT2D eigenvalue weighted by atomic mass is 10.1. The topological polar surface area (TPSA) is 41.9 Å². The first-order valence-corrected chi connectivity index (χ1v) is 7.40. The number of aromatic nitrogens is 2. The minimum Gasteiger partial charge on any atom is -0.358 e. The molecule has 21 heavy (non-hydrogen) atoms. The van der Waals surface area contributed by atoms with Crippen molar-refractivity contribution in [2.24, 2.45) is 7.05 Å². The normalized spacial score (nSPS) is 10.5. The van der Waals surface area contributed by atoms with Gasteiger partial charge in [0.1, 0.15) is 0 Å². The summed E-state index contributed by atoms with van der Waals surface area (Å²) in [6.45, 7) is 8.93. The van der Waals surface area contributed by atoms with Crippen molar-refractivity contribution in [2.45, 2.75) is 34.2 Å². The van der Waals surface area contributed by atoms with Crippen LogP contribution in [0, 0.1) is 27.7 Å². The van der Waals surface area contributed by atoms with Crippen LogP contribution in [0.4, 0.5) is 5.69 Å². The van der Waals surface area contributed by atoms with Crippen LogP contribution in [0.15, 0.2) is 18.2 Å². The second-order valence-corrected chi connectivity index (χ2v) is 5.87. The summed E-state index contributed by atoms with van der Waals surface area (Å²) < 4.78 is 1.90. The summed E-state index contributed by atoms with van der Waals surface area (Å²) in [6.07, 6.45) is 0. The standard InChI is InChI=1S/C16H22N4S/c1-10-6-11(2)8-14(7-10)18-16(21)17-9-15-12(3)19-20(5)13(15)4/h6-8H,9H2,1-5H3,(H2,17,18,21). The van der Waals surface area contributed by atoms with E-state index in [0.717, 1.165) is 17.1 Å². The minimum absolute atomic E-state index is 0.627. The molecule has 0 fully saturated rings. The molecule has 1 aromatic heterocycles. The fraction of sp³-hybridized carbons (Fsp3) is 0.375. The Labute approximate surface area is 131 Å². The highest BCUT2D eigenvalue weighted by atomic mass is 32.1. The molecule has 0 aliphatic carbocycles. The van der Waals surface area contributed by atoms with Crippen molar-refractivity contribution in [1.29, 1.82) is 0 Å². The molecule has 0 spiro atoms. The van der Waals surface area contributed by atoms with Crippen LogP contribution in [0.25, 0.3) is 0 Å². The van der Waals surface area contributed by atoms with Crippen LogP contribution >= 0.6 is 12.2 Å². The molecule has 0 aliphatic rings. The molecule has 0 saturated heterocycles. The van der Waals surface area contributed by atoms with E-state index in [1.165, 1.54) is 16.7 Å². The summed E-state index contributed by atoms with van der Waals surface area (Å²) in [6, 6.07) is 6.31. The van der Waals surface area contributed by atoms with Gasteiger partial charge in [-0.25, -0.2) is 0 Å². The molecule has 0 atom stereocenters. The summed E-state index contributed by atoms with van der Waals surface area (Å²) >= 11 is 5.37. The van der Waals surface area contributed by atoms with Gasteiger partial charge in [0, 0.05) is 30.5 Å². The minimum atomic E-state index is 0.627. The zero-order valence-corrected chi connectivity index (χ0v) is 14.1. The Morgan fingerprint density at radius 1 is 1.14 bits per heavy atom. The van der Waals surface area contributed by atoms with Crippen LogP contribution in [-0.4, -0.2) is 14.9 Å². The van der Waals surface area contributed by atoms with Crippen LogP contribution in [0.1, 0.15) is 28.1 Å². The fourth-order valence-corrected chi connectivity index (χ4v) is 2.65. The first-order chi connectivity index (χ1) is 9.86. The van der Waals surface area contributed by atoms with Crippen molar-refractivity contribution in [3.05, 3.63) is 46.3 Å². The third kappa shape index (κ3) is 3.82. The van der Waals surface area contributed by atoms with Gasteiger partial charge in [-0.15, -0.1) is 0 Å². The lowest BCUT2D eigenvalue weighted by Crippen LogP contribution is -2.28. The maximum Gasteiger partial charge on any atom is 0.171 e. The van der Waals surface area contributed by atoms with Crippen LogP contribution in [0.5, 0.6) is 0 Å². The Kier molecular flexibility index (Phi) is 4.63. The van der Waals surface area contributed by atoms with Gasteiger partial charge >= 0.3 is 0 Å². The van der Waals surface area contributed by atoms with Crippen LogP contribution in [0.3, 0.4) is 0 Å². The van der Waals surface area contributed by atoms with E-state index in [0.29, 0.717) is 11.7 Å². The number of nitrogens with zero attached hydrogens (tertiary/aromatic N) is 2. The van der Waals surface area contributed by atoms with E-state index in [1.54, 1.807) is 0 Å². The maximum atomic E-state index is 5.37. The molecule has 2 aromatic rings. The zero-order chi connectivity index (χ0) is 15.6. The van der Waals surface area contributed by atoms with E-state index in [4.69, 9.17) is 12.2 Å². The monoisotopic (exact) mass is 302 g/mol. The van der Waals surface area contributed by atoms with Gasteiger partial charge in [0.05, 0.1) is 5.69 Å². The molecular weight excluding hydrogens is 280 g/mol. The summed E-state index contributed by atoms with van der Waals surface area (Å²) in [7, 11) is 1.96. The second kappa shape index (κ2) is 6.26. The quantitative estimate of drug-likeness (QED) is 0.855. The lowest BCUT2D eigenvalue weighted by molar-refractivity contribution is 0.729. The third-order valence-corrected chi connectivity index (χ3v) is 3.81. The Bertz CT molecular complexity index is 653. The molecule has 0 bridgehead atoms. The molecule has 1 heterocycles. The van der Waals surface area contributed by atoms with Gasteiger partial charge in [-0.2, -0.15) is 5.10 Å². The van der Waals surface area contributed by atoms with E-state index >= 15 is 0 Å². The summed E-state index contributed by atoms with van der Waals surface area (Å²) in [5.74, 6) is 0. The van der Waals surface area contributed by atoms with E-state index in [2.05, 4.69) is 54.7 Å². The highest BCUT2D eigenvalue weighted by Crippen LogP contribution is 2.14. The number of hydrogen-bond donors (Lipinski definition) is 2. The van der Waals surface area contributed by atoms with Gasteiger partial charge in [-0.05, 0) is 63.2 Å². The van der Waals surface area contributed by atoms with Crippen LogP contribution in [0.2, 0.25) is 0 Å². The van der Waals surface area contributed by atoms with Crippen LogP contribution in [-0.2, 0) is 13.6 Å². The maximum absolute atomic E-state index is 5.37. The number of hydrogen-bond acceptors (Lipinski definition) is 2. The predicted molar refractivity (Wildman–Crippen MR) is 91.7 cm³/mol.